The van der Waals surface area contributed by atoms with Gasteiger partial charge in [-0.1, -0.05) is 6.07 Å². The largest absolute Gasteiger partial charge is 0.375 e. The summed E-state index contributed by atoms with van der Waals surface area (Å²) in [6.07, 6.45) is 3.72. The van der Waals surface area contributed by atoms with Gasteiger partial charge in [0.05, 0.1) is 5.54 Å². The van der Waals surface area contributed by atoms with E-state index in [1.807, 2.05) is 24.9 Å². The van der Waals surface area contributed by atoms with Crippen LogP contribution in [-0.2, 0) is 4.79 Å². The number of hydrogen-bond donors (Lipinski definition) is 2. The van der Waals surface area contributed by atoms with Crippen LogP contribution in [0.15, 0.2) is 24.3 Å². The van der Waals surface area contributed by atoms with Gasteiger partial charge in [-0.05, 0) is 50.8 Å². The van der Waals surface area contributed by atoms with Crippen LogP contribution in [0.1, 0.15) is 32.6 Å². The number of halogens is 1. The number of carbonyl (C=O) groups excluding carboxylic acids is 1. The Bertz CT molecular complexity index is 504. The summed E-state index contributed by atoms with van der Waals surface area (Å²) in [7, 11) is 1.92. The maximum Gasteiger partial charge on any atom is 0.237 e. The first-order valence-corrected chi connectivity index (χ1v) is 7.45. The molecule has 0 spiro atoms. The molecular formula is C16H24FN3O. The van der Waals surface area contributed by atoms with Gasteiger partial charge in [0.1, 0.15) is 5.82 Å². The fourth-order valence-electron chi connectivity index (χ4n) is 2.46. The Kier molecular flexibility index (Phi) is 4.83. The number of benzene rings is 1. The normalized spacial score (nSPS) is 17.3. The summed E-state index contributed by atoms with van der Waals surface area (Å²) in [5.41, 5.74) is 5.72. The molecular weight excluding hydrogens is 269 g/mol. The van der Waals surface area contributed by atoms with Crippen molar-refractivity contribution in [2.24, 2.45) is 5.73 Å². The molecule has 0 saturated heterocycles. The second-order valence-electron chi connectivity index (χ2n) is 6.12. The smallest absolute Gasteiger partial charge is 0.237 e. The van der Waals surface area contributed by atoms with Crippen LogP contribution < -0.4 is 16.0 Å². The van der Waals surface area contributed by atoms with Crippen molar-refractivity contribution in [3.05, 3.63) is 30.1 Å². The quantitative estimate of drug-likeness (QED) is 0.771. The van der Waals surface area contributed by atoms with Crippen molar-refractivity contribution in [3.8, 4) is 0 Å². The Morgan fingerprint density at radius 3 is 2.81 bits per heavy atom. The van der Waals surface area contributed by atoms with Crippen LogP contribution in [0, 0.1) is 5.82 Å². The second kappa shape index (κ2) is 6.43. The van der Waals surface area contributed by atoms with Crippen LogP contribution in [0.3, 0.4) is 0 Å². The molecule has 4 nitrogen and oxygen atoms in total. The zero-order chi connectivity index (χ0) is 15.5. The fourth-order valence-corrected chi connectivity index (χ4v) is 2.46. The summed E-state index contributed by atoms with van der Waals surface area (Å²) in [5.74, 6) is -0.542. The van der Waals surface area contributed by atoms with E-state index in [9.17, 15) is 9.18 Å². The van der Waals surface area contributed by atoms with E-state index in [1.54, 1.807) is 6.07 Å². The Balaban J connectivity index is 1.85. The Morgan fingerprint density at radius 1 is 1.52 bits per heavy atom. The van der Waals surface area contributed by atoms with Crippen molar-refractivity contribution >= 4 is 11.6 Å². The average molecular weight is 293 g/mol. The van der Waals surface area contributed by atoms with Crippen molar-refractivity contribution in [2.45, 2.75) is 44.2 Å². The van der Waals surface area contributed by atoms with Crippen LogP contribution >= 0.6 is 0 Å². The van der Waals surface area contributed by atoms with Gasteiger partial charge in [-0.2, -0.15) is 0 Å². The number of primary amides is 1. The highest BCUT2D eigenvalue weighted by molar-refractivity contribution is 5.84. The number of hydrogen-bond acceptors (Lipinski definition) is 3. The summed E-state index contributed by atoms with van der Waals surface area (Å²) >= 11 is 0. The molecule has 5 heteroatoms. The van der Waals surface area contributed by atoms with Gasteiger partial charge in [-0.3, -0.25) is 4.79 Å². The minimum absolute atomic E-state index is 0.239. The Morgan fingerprint density at radius 2 is 2.24 bits per heavy atom. The molecule has 1 atom stereocenters. The molecule has 0 aliphatic heterocycles. The molecule has 1 unspecified atom stereocenters. The van der Waals surface area contributed by atoms with E-state index in [0.29, 0.717) is 12.5 Å². The lowest BCUT2D eigenvalue weighted by Crippen LogP contribution is -2.54. The summed E-state index contributed by atoms with van der Waals surface area (Å²) in [6, 6.07) is 6.95. The first-order chi connectivity index (χ1) is 9.90. The molecule has 2 rings (SSSR count). The standard InChI is InChI=1S/C16H24FN3O/c1-16(15(18)21,19-13-7-8-13)9-4-10-20(2)14-6-3-5-12(17)11-14/h3,5-6,11,13,19H,4,7-10H2,1-2H3,(H2,18,21). The zero-order valence-corrected chi connectivity index (χ0v) is 12.7. The minimum atomic E-state index is -0.649. The molecule has 116 valence electrons. The van der Waals surface area contributed by atoms with Gasteiger partial charge in [0, 0.05) is 25.3 Å². The summed E-state index contributed by atoms with van der Waals surface area (Å²) in [4.78, 5) is 13.7. The molecule has 1 amide bonds. The Labute approximate surface area is 125 Å². The fraction of sp³-hybridized carbons (Fsp3) is 0.562. The summed E-state index contributed by atoms with van der Waals surface area (Å²) in [6.45, 7) is 2.62. The number of rotatable bonds is 8. The van der Waals surface area contributed by atoms with Crippen molar-refractivity contribution < 1.29 is 9.18 Å². The Hall–Kier alpha value is -1.62. The lowest BCUT2D eigenvalue weighted by Gasteiger charge is -2.29. The van der Waals surface area contributed by atoms with E-state index in [4.69, 9.17) is 5.73 Å². The van der Waals surface area contributed by atoms with Gasteiger partial charge in [0.15, 0.2) is 0 Å². The number of anilines is 1. The molecule has 1 aromatic carbocycles. The van der Waals surface area contributed by atoms with Crippen LogP contribution in [0.5, 0.6) is 0 Å². The first-order valence-electron chi connectivity index (χ1n) is 7.45. The van der Waals surface area contributed by atoms with Crippen molar-refractivity contribution in [1.29, 1.82) is 0 Å². The maximum atomic E-state index is 13.2. The van der Waals surface area contributed by atoms with E-state index in [2.05, 4.69) is 5.32 Å². The van der Waals surface area contributed by atoms with Crippen LogP contribution in [-0.4, -0.2) is 31.1 Å². The predicted molar refractivity (Wildman–Crippen MR) is 82.7 cm³/mol. The highest BCUT2D eigenvalue weighted by Crippen LogP contribution is 2.25. The van der Waals surface area contributed by atoms with Crippen LogP contribution in [0.25, 0.3) is 0 Å². The molecule has 1 saturated carbocycles. The molecule has 0 heterocycles. The highest BCUT2D eigenvalue weighted by Gasteiger charge is 2.36. The van der Waals surface area contributed by atoms with Crippen LogP contribution in [0.4, 0.5) is 10.1 Å². The number of nitrogens with zero attached hydrogens (tertiary/aromatic N) is 1. The van der Waals surface area contributed by atoms with Crippen LogP contribution in [0.2, 0.25) is 0 Å². The molecule has 1 aliphatic rings. The molecule has 0 bridgehead atoms. The van der Waals surface area contributed by atoms with Crippen molar-refractivity contribution in [1.82, 2.24) is 5.32 Å². The number of carbonyl (C=O) groups is 1. The van der Waals surface area contributed by atoms with Gasteiger partial charge in [0.25, 0.3) is 0 Å². The average Bonchev–Trinajstić information content (AvgIpc) is 3.22. The number of nitrogens with one attached hydrogen (secondary N) is 1. The van der Waals surface area contributed by atoms with E-state index < -0.39 is 5.54 Å². The third-order valence-corrected chi connectivity index (χ3v) is 4.06. The lowest BCUT2D eigenvalue weighted by molar-refractivity contribution is -0.124. The molecule has 0 radical (unpaired) electrons. The van der Waals surface area contributed by atoms with Gasteiger partial charge < -0.3 is 16.0 Å². The molecule has 21 heavy (non-hydrogen) atoms. The predicted octanol–water partition coefficient (Wildman–Crippen LogP) is 2.04. The second-order valence-corrected chi connectivity index (χ2v) is 6.12. The zero-order valence-electron chi connectivity index (χ0n) is 12.7. The van der Waals surface area contributed by atoms with Crippen molar-refractivity contribution in [3.63, 3.8) is 0 Å². The SMILES string of the molecule is CN(CCCC(C)(NC1CC1)C(N)=O)c1cccc(F)c1. The lowest BCUT2D eigenvalue weighted by atomic mass is 9.94. The molecule has 3 N–H and O–H groups in total. The molecule has 1 aliphatic carbocycles. The number of nitrogens with two attached hydrogens (primary N) is 1. The van der Waals surface area contributed by atoms with E-state index in [-0.39, 0.29) is 11.7 Å². The number of amides is 1. The molecule has 0 aromatic heterocycles. The first kappa shape index (κ1) is 15.8. The minimum Gasteiger partial charge on any atom is -0.375 e. The van der Waals surface area contributed by atoms with Gasteiger partial charge in [0.2, 0.25) is 5.91 Å². The van der Waals surface area contributed by atoms with E-state index in [0.717, 1.165) is 31.5 Å². The maximum absolute atomic E-state index is 13.2. The van der Waals surface area contributed by atoms with E-state index >= 15 is 0 Å². The highest BCUT2D eigenvalue weighted by atomic mass is 19.1. The summed E-state index contributed by atoms with van der Waals surface area (Å²) in [5, 5.41) is 3.34. The van der Waals surface area contributed by atoms with E-state index in [1.165, 1.54) is 12.1 Å². The topological polar surface area (TPSA) is 58.4 Å². The van der Waals surface area contributed by atoms with Gasteiger partial charge in [-0.15, -0.1) is 0 Å². The summed E-state index contributed by atoms with van der Waals surface area (Å²) < 4.78 is 13.2. The third-order valence-electron chi connectivity index (χ3n) is 4.06. The van der Waals surface area contributed by atoms with Crippen molar-refractivity contribution in [2.75, 3.05) is 18.5 Å². The third kappa shape index (κ3) is 4.43. The van der Waals surface area contributed by atoms with Gasteiger partial charge >= 0.3 is 0 Å². The molecule has 1 fully saturated rings. The molecule has 1 aromatic rings. The monoisotopic (exact) mass is 293 g/mol. The van der Waals surface area contributed by atoms with Gasteiger partial charge in [-0.25, -0.2) is 4.39 Å².